The number of anilines is 1. The van der Waals surface area contributed by atoms with Gasteiger partial charge in [-0.1, -0.05) is 23.2 Å². The molecule has 2 aromatic rings. The first-order valence-electron chi connectivity index (χ1n) is 5.18. The van der Waals surface area contributed by atoms with Gasteiger partial charge in [-0.15, -0.1) is 0 Å². The zero-order valence-corrected chi connectivity index (χ0v) is 10.8. The molecule has 0 aliphatic rings. The van der Waals surface area contributed by atoms with Gasteiger partial charge in [0.1, 0.15) is 18.2 Å². The molecule has 2 aromatic carbocycles. The largest absolute Gasteiger partial charge is 0.487 e. The number of ether oxygens (including phenoxy) is 1. The fourth-order valence-corrected chi connectivity index (χ4v) is 1.81. The average molecular weight is 286 g/mol. The van der Waals surface area contributed by atoms with Crippen molar-refractivity contribution in [1.82, 2.24) is 0 Å². The van der Waals surface area contributed by atoms with Crippen LogP contribution in [0.3, 0.4) is 0 Å². The van der Waals surface area contributed by atoms with Crippen LogP contribution in [0.15, 0.2) is 36.4 Å². The van der Waals surface area contributed by atoms with E-state index in [2.05, 4.69) is 0 Å². The van der Waals surface area contributed by atoms with Gasteiger partial charge < -0.3 is 10.5 Å². The summed E-state index contributed by atoms with van der Waals surface area (Å²) in [5.74, 6) is 0.127. The topological polar surface area (TPSA) is 35.2 Å². The van der Waals surface area contributed by atoms with Crippen LogP contribution in [0.1, 0.15) is 5.56 Å². The van der Waals surface area contributed by atoms with Gasteiger partial charge in [0.15, 0.2) is 0 Å². The first-order valence-corrected chi connectivity index (χ1v) is 5.93. The van der Waals surface area contributed by atoms with E-state index in [0.29, 0.717) is 27.0 Å². The predicted octanol–water partition coefficient (Wildman–Crippen LogP) is 4.29. The van der Waals surface area contributed by atoms with Crippen molar-refractivity contribution in [2.24, 2.45) is 0 Å². The summed E-state index contributed by atoms with van der Waals surface area (Å²) in [6.07, 6.45) is 0. The maximum Gasteiger partial charge on any atom is 0.142 e. The van der Waals surface area contributed by atoms with Gasteiger partial charge in [-0.05, 0) is 36.4 Å². The van der Waals surface area contributed by atoms with Crippen LogP contribution >= 0.6 is 23.2 Å². The van der Waals surface area contributed by atoms with Crippen molar-refractivity contribution in [3.8, 4) is 5.75 Å². The second-order valence-corrected chi connectivity index (χ2v) is 4.55. The third-order valence-corrected chi connectivity index (χ3v) is 2.97. The molecule has 18 heavy (non-hydrogen) atoms. The van der Waals surface area contributed by atoms with Crippen molar-refractivity contribution in [3.05, 3.63) is 57.8 Å². The van der Waals surface area contributed by atoms with Crippen molar-refractivity contribution in [3.63, 3.8) is 0 Å². The van der Waals surface area contributed by atoms with Gasteiger partial charge in [-0.25, -0.2) is 4.39 Å². The van der Waals surface area contributed by atoms with E-state index in [1.54, 1.807) is 18.2 Å². The van der Waals surface area contributed by atoms with Crippen molar-refractivity contribution in [2.75, 3.05) is 5.73 Å². The monoisotopic (exact) mass is 285 g/mol. The Bertz CT molecular complexity index is 575. The zero-order valence-electron chi connectivity index (χ0n) is 9.29. The highest BCUT2D eigenvalue weighted by atomic mass is 35.5. The predicted molar refractivity (Wildman–Crippen MR) is 71.6 cm³/mol. The molecule has 0 saturated carbocycles. The minimum absolute atomic E-state index is 0.141. The summed E-state index contributed by atoms with van der Waals surface area (Å²) in [6.45, 7) is 0.141. The molecule has 0 bridgehead atoms. The summed E-state index contributed by atoms with van der Waals surface area (Å²) < 4.78 is 18.5. The molecule has 0 heterocycles. The van der Waals surface area contributed by atoms with Gasteiger partial charge in [0.25, 0.3) is 0 Å². The van der Waals surface area contributed by atoms with Crippen molar-refractivity contribution < 1.29 is 9.13 Å². The minimum atomic E-state index is -0.359. The number of hydrogen-bond acceptors (Lipinski definition) is 2. The van der Waals surface area contributed by atoms with Gasteiger partial charge in [-0.2, -0.15) is 0 Å². The van der Waals surface area contributed by atoms with E-state index >= 15 is 0 Å². The van der Waals surface area contributed by atoms with Crippen LogP contribution < -0.4 is 10.5 Å². The molecule has 0 atom stereocenters. The third kappa shape index (κ3) is 3.06. The van der Waals surface area contributed by atoms with Crippen LogP contribution in [-0.4, -0.2) is 0 Å². The highest BCUT2D eigenvalue weighted by Gasteiger charge is 2.05. The van der Waals surface area contributed by atoms with Gasteiger partial charge >= 0.3 is 0 Å². The van der Waals surface area contributed by atoms with E-state index in [0.717, 1.165) is 0 Å². The van der Waals surface area contributed by atoms with E-state index in [-0.39, 0.29) is 12.4 Å². The summed E-state index contributed by atoms with van der Waals surface area (Å²) in [6, 6.07) is 9.02. The maximum atomic E-state index is 13.0. The van der Waals surface area contributed by atoms with Crippen LogP contribution in [0.25, 0.3) is 0 Å². The molecule has 0 aromatic heterocycles. The van der Waals surface area contributed by atoms with E-state index in [1.807, 2.05) is 0 Å². The molecule has 2 rings (SSSR count). The highest BCUT2D eigenvalue weighted by Crippen LogP contribution is 2.27. The quantitative estimate of drug-likeness (QED) is 0.854. The van der Waals surface area contributed by atoms with E-state index in [9.17, 15) is 4.39 Å². The zero-order chi connectivity index (χ0) is 13.1. The van der Waals surface area contributed by atoms with Gasteiger partial charge in [0.2, 0.25) is 0 Å². The summed E-state index contributed by atoms with van der Waals surface area (Å²) in [5, 5.41) is 0.979. The van der Waals surface area contributed by atoms with E-state index in [1.165, 1.54) is 18.2 Å². The molecule has 2 N–H and O–H groups in total. The SMILES string of the molecule is Nc1cc(Cl)ccc1OCc1cc(F)ccc1Cl. The van der Waals surface area contributed by atoms with Crippen molar-refractivity contribution >= 4 is 28.9 Å². The normalized spacial score (nSPS) is 10.4. The lowest BCUT2D eigenvalue weighted by molar-refractivity contribution is 0.307. The van der Waals surface area contributed by atoms with E-state index in [4.69, 9.17) is 33.7 Å². The van der Waals surface area contributed by atoms with Crippen LogP contribution in [-0.2, 0) is 6.61 Å². The Labute approximate surface area is 114 Å². The molecule has 0 fully saturated rings. The lowest BCUT2D eigenvalue weighted by Crippen LogP contribution is -1.99. The summed E-state index contributed by atoms with van der Waals surface area (Å²) in [7, 11) is 0. The molecule has 94 valence electrons. The molecular weight excluding hydrogens is 276 g/mol. The standard InChI is InChI=1S/C13H10Cl2FNO/c14-9-1-4-13(12(17)6-9)18-7-8-5-10(16)2-3-11(8)15/h1-6H,7,17H2. The molecule has 5 heteroatoms. The smallest absolute Gasteiger partial charge is 0.142 e. The van der Waals surface area contributed by atoms with Crippen LogP contribution in [0.2, 0.25) is 10.0 Å². The fraction of sp³-hybridized carbons (Fsp3) is 0.0769. The Balaban J connectivity index is 2.13. The lowest BCUT2D eigenvalue weighted by Gasteiger charge is -2.10. The van der Waals surface area contributed by atoms with Crippen LogP contribution in [0, 0.1) is 5.82 Å². The molecule has 0 saturated heterocycles. The first kappa shape index (κ1) is 13.0. The molecule has 0 radical (unpaired) electrons. The third-order valence-electron chi connectivity index (χ3n) is 2.36. The Morgan fingerprint density at radius 2 is 1.89 bits per heavy atom. The molecule has 0 aliphatic heterocycles. The van der Waals surface area contributed by atoms with Crippen LogP contribution in [0.5, 0.6) is 5.75 Å². The molecule has 0 unspecified atom stereocenters. The van der Waals surface area contributed by atoms with Crippen LogP contribution in [0.4, 0.5) is 10.1 Å². The molecule has 0 spiro atoms. The second kappa shape index (κ2) is 5.46. The average Bonchev–Trinajstić information content (AvgIpc) is 2.32. The number of halogens is 3. The number of nitrogen functional groups attached to an aromatic ring is 1. The minimum Gasteiger partial charge on any atom is -0.487 e. The van der Waals surface area contributed by atoms with E-state index < -0.39 is 0 Å². The number of hydrogen-bond donors (Lipinski definition) is 1. The van der Waals surface area contributed by atoms with Crippen molar-refractivity contribution in [1.29, 1.82) is 0 Å². The lowest BCUT2D eigenvalue weighted by atomic mass is 10.2. The fourth-order valence-electron chi connectivity index (χ4n) is 1.46. The van der Waals surface area contributed by atoms with Gasteiger partial charge in [-0.3, -0.25) is 0 Å². The second-order valence-electron chi connectivity index (χ2n) is 3.71. The maximum absolute atomic E-state index is 13.0. The Kier molecular flexibility index (Phi) is 3.94. The summed E-state index contributed by atoms with van der Waals surface area (Å²) in [4.78, 5) is 0. The van der Waals surface area contributed by atoms with Gasteiger partial charge in [0, 0.05) is 15.6 Å². The van der Waals surface area contributed by atoms with Crippen molar-refractivity contribution in [2.45, 2.75) is 6.61 Å². The Morgan fingerprint density at radius 3 is 2.61 bits per heavy atom. The Morgan fingerprint density at radius 1 is 1.11 bits per heavy atom. The molecule has 0 aliphatic carbocycles. The number of nitrogens with two attached hydrogens (primary N) is 1. The molecule has 2 nitrogen and oxygen atoms in total. The number of rotatable bonds is 3. The summed E-state index contributed by atoms with van der Waals surface area (Å²) in [5.41, 5.74) is 6.72. The first-order chi connectivity index (χ1) is 8.56. The molecule has 0 amide bonds. The number of benzene rings is 2. The van der Waals surface area contributed by atoms with Gasteiger partial charge in [0.05, 0.1) is 5.69 Å². The highest BCUT2D eigenvalue weighted by molar-refractivity contribution is 6.31. The molecular formula is C13H10Cl2FNO. The Hall–Kier alpha value is -1.45. The summed E-state index contributed by atoms with van der Waals surface area (Å²) >= 11 is 11.7.